The fourth-order valence-electron chi connectivity index (χ4n) is 2.08. The molecule has 0 saturated heterocycles. The highest BCUT2D eigenvalue weighted by molar-refractivity contribution is 7.90. The molecule has 0 saturated carbocycles. The van der Waals surface area contributed by atoms with Gasteiger partial charge in [-0.1, -0.05) is 19.9 Å². The predicted molar refractivity (Wildman–Crippen MR) is 77.0 cm³/mol. The number of fused-ring (bicyclic) bond motifs is 1. The SMILES string of the molecule is Cc1cc(C)c2c(c1)NC(=NCC(C)C)NS2(=O)=O. The van der Waals surface area contributed by atoms with Crippen molar-refractivity contribution in [3.8, 4) is 0 Å². The number of aliphatic imine (C=N–C) groups is 1. The lowest BCUT2D eigenvalue weighted by Gasteiger charge is -2.23. The van der Waals surface area contributed by atoms with Gasteiger partial charge >= 0.3 is 0 Å². The second-order valence-electron chi connectivity index (χ2n) is 5.27. The van der Waals surface area contributed by atoms with Crippen molar-refractivity contribution < 1.29 is 8.42 Å². The van der Waals surface area contributed by atoms with Gasteiger partial charge in [-0.15, -0.1) is 0 Å². The monoisotopic (exact) mass is 281 g/mol. The molecule has 1 aromatic rings. The van der Waals surface area contributed by atoms with Crippen molar-refractivity contribution >= 4 is 21.7 Å². The number of aryl methyl sites for hydroxylation is 2. The average molecular weight is 281 g/mol. The maximum Gasteiger partial charge on any atom is 0.266 e. The first-order valence-electron chi connectivity index (χ1n) is 6.25. The zero-order chi connectivity index (χ0) is 14.2. The van der Waals surface area contributed by atoms with Gasteiger partial charge < -0.3 is 5.32 Å². The van der Waals surface area contributed by atoms with Crippen molar-refractivity contribution in [1.29, 1.82) is 0 Å². The Bertz CT molecular complexity index is 634. The number of guanidine groups is 1. The maximum absolute atomic E-state index is 12.2. The predicted octanol–water partition coefficient (Wildman–Crippen LogP) is 2.02. The van der Waals surface area contributed by atoms with Gasteiger partial charge in [-0.3, -0.25) is 4.99 Å². The van der Waals surface area contributed by atoms with Gasteiger partial charge in [0.15, 0.2) is 0 Å². The largest absolute Gasteiger partial charge is 0.324 e. The molecule has 2 rings (SSSR count). The van der Waals surface area contributed by atoms with E-state index in [1.54, 1.807) is 6.92 Å². The molecule has 0 unspecified atom stereocenters. The molecule has 1 aliphatic rings. The molecule has 5 nitrogen and oxygen atoms in total. The second-order valence-corrected chi connectivity index (χ2v) is 6.89. The molecule has 0 spiro atoms. The third-order valence-electron chi connectivity index (χ3n) is 2.79. The number of anilines is 1. The van der Waals surface area contributed by atoms with Crippen molar-refractivity contribution in [2.75, 3.05) is 11.9 Å². The van der Waals surface area contributed by atoms with Gasteiger partial charge in [0.2, 0.25) is 5.96 Å². The molecule has 19 heavy (non-hydrogen) atoms. The molecule has 1 heterocycles. The third kappa shape index (κ3) is 2.89. The summed E-state index contributed by atoms with van der Waals surface area (Å²) in [5, 5.41) is 3.05. The van der Waals surface area contributed by atoms with Crippen LogP contribution in [0.1, 0.15) is 25.0 Å². The summed E-state index contributed by atoms with van der Waals surface area (Å²) in [5.74, 6) is 0.672. The van der Waals surface area contributed by atoms with Crippen LogP contribution in [0.3, 0.4) is 0 Å². The minimum absolute atomic E-state index is 0.297. The summed E-state index contributed by atoms with van der Waals surface area (Å²) in [6.07, 6.45) is 0. The van der Waals surface area contributed by atoms with E-state index in [9.17, 15) is 8.42 Å². The normalized spacial score (nSPS) is 18.9. The van der Waals surface area contributed by atoms with Crippen LogP contribution in [0.4, 0.5) is 5.69 Å². The minimum atomic E-state index is -3.53. The summed E-state index contributed by atoms with van der Waals surface area (Å²) in [5.41, 5.74) is 2.35. The van der Waals surface area contributed by atoms with E-state index in [4.69, 9.17) is 0 Å². The highest BCUT2D eigenvalue weighted by atomic mass is 32.2. The first-order chi connectivity index (χ1) is 8.79. The number of nitrogens with zero attached hydrogens (tertiary/aromatic N) is 1. The topological polar surface area (TPSA) is 70.6 Å². The fraction of sp³-hybridized carbons (Fsp3) is 0.462. The number of nitrogens with one attached hydrogen (secondary N) is 2. The Morgan fingerprint density at radius 1 is 1.26 bits per heavy atom. The van der Waals surface area contributed by atoms with E-state index in [1.807, 2.05) is 32.9 Å². The van der Waals surface area contributed by atoms with Crippen LogP contribution in [-0.4, -0.2) is 20.9 Å². The molecule has 0 amide bonds. The molecular weight excluding hydrogens is 262 g/mol. The third-order valence-corrected chi connectivity index (χ3v) is 4.33. The summed E-state index contributed by atoms with van der Waals surface area (Å²) in [7, 11) is -3.53. The van der Waals surface area contributed by atoms with E-state index in [0.717, 1.165) is 11.1 Å². The van der Waals surface area contributed by atoms with Gasteiger partial charge in [0.25, 0.3) is 10.0 Å². The van der Waals surface area contributed by atoms with Gasteiger partial charge in [-0.2, -0.15) is 0 Å². The van der Waals surface area contributed by atoms with Crippen molar-refractivity contribution in [2.24, 2.45) is 10.9 Å². The van der Waals surface area contributed by atoms with E-state index >= 15 is 0 Å². The lowest BCUT2D eigenvalue weighted by atomic mass is 10.1. The Labute approximate surface area is 114 Å². The number of sulfonamides is 1. The van der Waals surface area contributed by atoms with Crippen LogP contribution in [0.2, 0.25) is 0 Å². The Morgan fingerprint density at radius 2 is 1.95 bits per heavy atom. The summed E-state index contributed by atoms with van der Waals surface area (Å²) >= 11 is 0. The minimum Gasteiger partial charge on any atom is -0.324 e. The Kier molecular flexibility index (Phi) is 3.54. The number of hydrogen-bond acceptors (Lipinski definition) is 3. The average Bonchev–Trinajstić information content (AvgIpc) is 2.23. The Balaban J connectivity index is 2.48. The van der Waals surface area contributed by atoms with E-state index in [2.05, 4.69) is 15.0 Å². The van der Waals surface area contributed by atoms with Crippen LogP contribution < -0.4 is 10.0 Å². The molecule has 2 N–H and O–H groups in total. The van der Waals surface area contributed by atoms with Crippen molar-refractivity contribution in [3.05, 3.63) is 23.3 Å². The van der Waals surface area contributed by atoms with Gasteiger partial charge in [0.05, 0.1) is 5.69 Å². The first kappa shape index (κ1) is 13.9. The Hall–Kier alpha value is -1.56. The van der Waals surface area contributed by atoms with E-state index in [0.29, 0.717) is 29.0 Å². The molecular formula is C13H19N3O2S. The van der Waals surface area contributed by atoms with Crippen molar-refractivity contribution in [3.63, 3.8) is 0 Å². The summed E-state index contributed by atoms with van der Waals surface area (Å²) < 4.78 is 26.9. The van der Waals surface area contributed by atoms with Crippen LogP contribution in [0.5, 0.6) is 0 Å². The van der Waals surface area contributed by atoms with Crippen LogP contribution in [0.15, 0.2) is 22.0 Å². The Morgan fingerprint density at radius 3 is 2.58 bits per heavy atom. The smallest absolute Gasteiger partial charge is 0.266 e. The second kappa shape index (κ2) is 4.85. The highest BCUT2D eigenvalue weighted by Gasteiger charge is 2.28. The van der Waals surface area contributed by atoms with Crippen LogP contribution >= 0.6 is 0 Å². The zero-order valence-electron chi connectivity index (χ0n) is 11.6. The summed E-state index contributed by atoms with van der Waals surface area (Å²) in [6, 6.07) is 3.68. The first-order valence-corrected chi connectivity index (χ1v) is 7.73. The standard InChI is InChI=1S/C13H19N3O2S/c1-8(2)7-14-13-15-11-6-9(3)5-10(4)12(11)19(17,18)16-13/h5-6,8H,7H2,1-4H3,(H2,14,15,16). The molecule has 104 valence electrons. The van der Waals surface area contributed by atoms with Crippen molar-refractivity contribution in [1.82, 2.24) is 4.72 Å². The zero-order valence-corrected chi connectivity index (χ0v) is 12.4. The molecule has 6 heteroatoms. The lowest BCUT2D eigenvalue weighted by Crippen LogP contribution is -2.41. The summed E-state index contributed by atoms with van der Waals surface area (Å²) in [6.45, 7) is 8.37. The van der Waals surface area contributed by atoms with Gasteiger partial charge in [-0.05, 0) is 37.0 Å². The lowest BCUT2D eigenvalue weighted by molar-refractivity contribution is 0.590. The van der Waals surface area contributed by atoms with E-state index in [-0.39, 0.29) is 0 Å². The van der Waals surface area contributed by atoms with Crippen LogP contribution in [0, 0.1) is 19.8 Å². The molecule has 0 aliphatic carbocycles. The van der Waals surface area contributed by atoms with Gasteiger partial charge in [0.1, 0.15) is 4.90 Å². The molecule has 0 bridgehead atoms. The number of hydrogen-bond donors (Lipinski definition) is 2. The summed E-state index contributed by atoms with van der Waals surface area (Å²) in [4.78, 5) is 4.56. The highest BCUT2D eigenvalue weighted by Crippen LogP contribution is 2.29. The van der Waals surface area contributed by atoms with Gasteiger partial charge in [0, 0.05) is 6.54 Å². The molecule has 0 fully saturated rings. The molecule has 0 atom stereocenters. The van der Waals surface area contributed by atoms with E-state index in [1.165, 1.54) is 0 Å². The van der Waals surface area contributed by atoms with Crippen LogP contribution in [-0.2, 0) is 10.0 Å². The maximum atomic E-state index is 12.2. The quantitative estimate of drug-likeness (QED) is 0.871. The molecule has 0 aromatic heterocycles. The fourth-order valence-corrected chi connectivity index (χ4v) is 3.44. The van der Waals surface area contributed by atoms with Gasteiger partial charge in [-0.25, -0.2) is 13.1 Å². The van der Waals surface area contributed by atoms with E-state index < -0.39 is 10.0 Å². The number of benzene rings is 1. The molecule has 0 radical (unpaired) electrons. The van der Waals surface area contributed by atoms with Crippen molar-refractivity contribution in [2.45, 2.75) is 32.6 Å². The molecule has 1 aliphatic heterocycles. The van der Waals surface area contributed by atoms with Crippen LogP contribution in [0.25, 0.3) is 0 Å². The molecule has 1 aromatic carbocycles. The number of rotatable bonds is 2.